The van der Waals surface area contributed by atoms with E-state index in [0.717, 1.165) is 17.1 Å². The zero-order valence-corrected chi connectivity index (χ0v) is 15.0. The van der Waals surface area contributed by atoms with Gasteiger partial charge in [-0.15, -0.1) is 11.3 Å². The van der Waals surface area contributed by atoms with Crippen molar-refractivity contribution in [2.75, 3.05) is 6.54 Å². The molecule has 0 spiro atoms. The molecule has 0 saturated carbocycles. The van der Waals surface area contributed by atoms with E-state index in [4.69, 9.17) is 0 Å². The Kier molecular flexibility index (Phi) is 5.76. The zero-order valence-electron chi connectivity index (χ0n) is 14.2. The van der Waals surface area contributed by atoms with Crippen LogP contribution in [0.1, 0.15) is 31.5 Å². The van der Waals surface area contributed by atoms with Crippen molar-refractivity contribution in [3.63, 3.8) is 0 Å². The lowest BCUT2D eigenvalue weighted by atomic mass is 9.86. The van der Waals surface area contributed by atoms with Gasteiger partial charge in [-0.2, -0.15) is 0 Å². The summed E-state index contributed by atoms with van der Waals surface area (Å²) in [6.45, 7) is 9.62. The van der Waals surface area contributed by atoms with Crippen LogP contribution in [0.25, 0.3) is 0 Å². The Morgan fingerprint density at radius 2 is 2.22 bits per heavy atom. The van der Waals surface area contributed by atoms with Gasteiger partial charge >= 0.3 is 6.03 Å². The van der Waals surface area contributed by atoms with Crippen LogP contribution in [0.3, 0.4) is 0 Å². The van der Waals surface area contributed by atoms with Crippen molar-refractivity contribution in [2.24, 2.45) is 5.41 Å². The monoisotopic (exact) mass is 335 g/mol. The Labute approximate surface area is 141 Å². The van der Waals surface area contributed by atoms with Crippen LogP contribution >= 0.6 is 11.3 Å². The van der Waals surface area contributed by atoms with Crippen LogP contribution in [0.15, 0.2) is 24.1 Å². The number of imidazole rings is 1. The maximum Gasteiger partial charge on any atom is 0.315 e. The molecule has 2 heterocycles. The van der Waals surface area contributed by atoms with Crippen molar-refractivity contribution in [1.82, 2.24) is 25.2 Å². The molecule has 0 unspecified atom stereocenters. The molecular formula is C16H25N5OS. The number of carbonyl (C=O) groups is 1. The zero-order chi connectivity index (χ0) is 16.9. The van der Waals surface area contributed by atoms with E-state index in [1.165, 1.54) is 0 Å². The Morgan fingerprint density at radius 1 is 1.43 bits per heavy atom. The van der Waals surface area contributed by atoms with Crippen molar-refractivity contribution in [3.8, 4) is 0 Å². The van der Waals surface area contributed by atoms with Crippen LogP contribution in [0, 0.1) is 12.3 Å². The average Bonchev–Trinajstić information content (AvgIpc) is 3.09. The number of aryl methyl sites for hydroxylation is 1. The number of rotatable bonds is 6. The molecular weight excluding hydrogens is 310 g/mol. The van der Waals surface area contributed by atoms with E-state index >= 15 is 0 Å². The van der Waals surface area contributed by atoms with E-state index in [-0.39, 0.29) is 17.5 Å². The molecule has 0 radical (unpaired) electrons. The van der Waals surface area contributed by atoms with Crippen molar-refractivity contribution in [2.45, 2.75) is 46.7 Å². The van der Waals surface area contributed by atoms with E-state index in [1.807, 2.05) is 23.1 Å². The van der Waals surface area contributed by atoms with Gasteiger partial charge < -0.3 is 15.2 Å². The molecule has 2 aromatic heterocycles. The second kappa shape index (κ2) is 7.59. The van der Waals surface area contributed by atoms with E-state index in [1.54, 1.807) is 23.9 Å². The molecule has 1 atom stereocenters. The lowest BCUT2D eigenvalue weighted by Crippen LogP contribution is -2.50. The summed E-state index contributed by atoms with van der Waals surface area (Å²) >= 11 is 1.63. The number of carbonyl (C=O) groups excluding carboxylic acids is 1. The second-order valence-corrected chi connectivity index (χ2v) is 7.75. The SMILES string of the molecule is Cc1nc(CCNC(=O)N[C@H](Cn2ccnc2)C(C)(C)C)cs1. The first-order chi connectivity index (χ1) is 10.8. The molecule has 0 aliphatic carbocycles. The highest BCUT2D eigenvalue weighted by molar-refractivity contribution is 7.09. The van der Waals surface area contributed by atoms with E-state index in [2.05, 4.69) is 41.4 Å². The molecule has 2 N–H and O–H groups in total. The van der Waals surface area contributed by atoms with Gasteiger partial charge in [0.1, 0.15) is 0 Å². The van der Waals surface area contributed by atoms with Crippen molar-refractivity contribution in [1.29, 1.82) is 0 Å². The summed E-state index contributed by atoms with van der Waals surface area (Å²) in [6, 6.07) is -0.129. The first-order valence-corrected chi connectivity index (χ1v) is 8.63. The fourth-order valence-electron chi connectivity index (χ4n) is 2.18. The Bertz CT molecular complexity index is 615. The maximum absolute atomic E-state index is 12.2. The van der Waals surface area contributed by atoms with Crippen LogP contribution in [-0.4, -0.2) is 33.2 Å². The number of nitrogens with zero attached hydrogens (tertiary/aromatic N) is 3. The molecule has 2 amide bonds. The third kappa shape index (κ3) is 5.67. The highest BCUT2D eigenvalue weighted by Crippen LogP contribution is 2.20. The molecule has 0 fully saturated rings. The highest BCUT2D eigenvalue weighted by atomic mass is 32.1. The summed E-state index contributed by atoms with van der Waals surface area (Å²) in [7, 11) is 0. The van der Waals surface area contributed by atoms with Crippen molar-refractivity contribution >= 4 is 17.4 Å². The third-order valence-electron chi connectivity index (χ3n) is 3.64. The molecule has 0 aliphatic rings. The summed E-state index contributed by atoms with van der Waals surface area (Å²) in [5.74, 6) is 0. The number of aromatic nitrogens is 3. The van der Waals surface area contributed by atoms with Crippen LogP contribution in [0.5, 0.6) is 0 Å². The summed E-state index contributed by atoms with van der Waals surface area (Å²) in [4.78, 5) is 20.6. The minimum absolute atomic E-state index is 0.0122. The van der Waals surface area contributed by atoms with Gasteiger partial charge in [-0.25, -0.2) is 14.8 Å². The van der Waals surface area contributed by atoms with Gasteiger partial charge in [-0.3, -0.25) is 0 Å². The molecule has 2 rings (SSSR count). The molecule has 7 heteroatoms. The molecule has 126 valence electrons. The van der Waals surface area contributed by atoms with Gasteiger partial charge in [-0.1, -0.05) is 20.8 Å². The number of hydrogen-bond acceptors (Lipinski definition) is 4. The first kappa shape index (κ1) is 17.5. The van der Waals surface area contributed by atoms with Gasteiger partial charge in [0.25, 0.3) is 0 Å². The summed E-state index contributed by atoms with van der Waals surface area (Å²) in [6.07, 6.45) is 6.17. The van der Waals surface area contributed by atoms with E-state index in [0.29, 0.717) is 13.1 Å². The predicted molar refractivity (Wildman–Crippen MR) is 92.6 cm³/mol. The fourth-order valence-corrected chi connectivity index (χ4v) is 2.83. The molecule has 6 nitrogen and oxygen atoms in total. The normalized spacial score (nSPS) is 12.9. The van der Waals surface area contributed by atoms with E-state index < -0.39 is 0 Å². The van der Waals surface area contributed by atoms with Gasteiger partial charge in [0.2, 0.25) is 0 Å². The van der Waals surface area contributed by atoms with Gasteiger partial charge in [0.05, 0.1) is 23.1 Å². The largest absolute Gasteiger partial charge is 0.338 e. The summed E-state index contributed by atoms with van der Waals surface area (Å²) in [5.41, 5.74) is 0.978. The standard InChI is InChI=1S/C16H25N5OS/c1-12-19-13(10-23-12)5-6-18-15(22)20-14(16(2,3)4)9-21-8-7-17-11-21/h7-8,10-11,14H,5-6,9H2,1-4H3,(H2,18,20,22)/t14-/m1/s1. The van der Waals surface area contributed by atoms with Gasteiger partial charge in [0.15, 0.2) is 0 Å². The minimum atomic E-state index is -0.142. The van der Waals surface area contributed by atoms with Crippen LogP contribution in [0.2, 0.25) is 0 Å². The minimum Gasteiger partial charge on any atom is -0.338 e. The van der Waals surface area contributed by atoms with Crippen LogP contribution in [0.4, 0.5) is 4.79 Å². The first-order valence-electron chi connectivity index (χ1n) is 7.75. The molecule has 0 saturated heterocycles. The van der Waals surface area contributed by atoms with Crippen LogP contribution in [-0.2, 0) is 13.0 Å². The third-order valence-corrected chi connectivity index (χ3v) is 4.46. The van der Waals surface area contributed by atoms with Gasteiger partial charge in [-0.05, 0) is 12.3 Å². The molecule has 0 aliphatic heterocycles. The number of amides is 2. The number of hydrogen-bond donors (Lipinski definition) is 2. The maximum atomic E-state index is 12.2. The summed E-state index contributed by atoms with van der Waals surface area (Å²) < 4.78 is 1.98. The average molecular weight is 335 g/mol. The number of nitrogens with one attached hydrogen (secondary N) is 2. The highest BCUT2D eigenvalue weighted by Gasteiger charge is 2.26. The lowest BCUT2D eigenvalue weighted by molar-refractivity contribution is 0.209. The molecule has 0 aromatic carbocycles. The Morgan fingerprint density at radius 3 is 2.78 bits per heavy atom. The molecule has 0 bridgehead atoms. The lowest BCUT2D eigenvalue weighted by Gasteiger charge is -2.31. The Balaban J connectivity index is 1.82. The van der Waals surface area contributed by atoms with Crippen molar-refractivity contribution in [3.05, 3.63) is 34.8 Å². The number of thiazole rings is 1. The number of urea groups is 1. The fraction of sp³-hybridized carbons (Fsp3) is 0.562. The smallest absolute Gasteiger partial charge is 0.315 e. The summed E-state index contributed by atoms with van der Waals surface area (Å²) in [5, 5.41) is 9.07. The molecule has 23 heavy (non-hydrogen) atoms. The van der Waals surface area contributed by atoms with E-state index in [9.17, 15) is 4.79 Å². The quantitative estimate of drug-likeness (QED) is 0.852. The topological polar surface area (TPSA) is 71.8 Å². The Hall–Kier alpha value is -1.89. The predicted octanol–water partition coefficient (Wildman–Crippen LogP) is 2.60. The van der Waals surface area contributed by atoms with Crippen molar-refractivity contribution < 1.29 is 4.79 Å². The second-order valence-electron chi connectivity index (χ2n) is 6.69. The van der Waals surface area contributed by atoms with Gasteiger partial charge in [0, 0.05) is 37.3 Å². The van der Waals surface area contributed by atoms with Crippen LogP contribution < -0.4 is 10.6 Å². The molecule has 2 aromatic rings.